The van der Waals surface area contributed by atoms with Crippen LogP contribution in [-0.2, 0) is 0 Å². The first kappa shape index (κ1) is 9.43. The van der Waals surface area contributed by atoms with Crippen LogP contribution in [-0.4, -0.2) is 9.91 Å². The predicted molar refractivity (Wildman–Crippen MR) is 35.8 cm³/mol. The zero-order chi connectivity index (χ0) is 10.0. The Kier molecular flexibility index (Phi) is 2.45. The maximum Gasteiger partial charge on any atom is 0.316 e. The molecule has 0 aliphatic rings. The minimum Gasteiger partial charge on any atom is -0.261 e. The molecule has 1 heterocycles. The average Bonchev–Trinajstić information content (AvgIpc) is 2.02. The Morgan fingerprint density at radius 3 is 2.46 bits per heavy atom. The maximum absolute atomic E-state index is 12.6. The van der Waals surface area contributed by atoms with Gasteiger partial charge in [0.1, 0.15) is 5.56 Å². The zero-order valence-corrected chi connectivity index (χ0v) is 6.08. The summed E-state index contributed by atoms with van der Waals surface area (Å²) in [5, 5.41) is 10.2. The van der Waals surface area contributed by atoms with E-state index in [9.17, 15) is 23.3 Å². The van der Waals surface area contributed by atoms with E-state index in [0.29, 0.717) is 12.4 Å². The molecule has 13 heavy (non-hydrogen) atoms. The van der Waals surface area contributed by atoms with Crippen LogP contribution in [0, 0.1) is 15.9 Å². The molecule has 0 spiro atoms. The molecule has 0 aliphatic carbocycles. The molecule has 1 aromatic rings. The first-order valence-electron chi connectivity index (χ1n) is 3.10. The van der Waals surface area contributed by atoms with E-state index in [1.165, 1.54) is 0 Å². The van der Waals surface area contributed by atoms with Crippen LogP contribution in [0.2, 0.25) is 0 Å². The van der Waals surface area contributed by atoms with Gasteiger partial charge in [0, 0.05) is 6.20 Å². The highest BCUT2D eigenvalue weighted by Gasteiger charge is 2.26. The summed E-state index contributed by atoms with van der Waals surface area (Å²) >= 11 is 0. The normalized spacial score (nSPS) is 10.5. The highest BCUT2D eigenvalue weighted by Crippen LogP contribution is 2.29. The summed E-state index contributed by atoms with van der Waals surface area (Å²) in [5.74, 6) is -1.36. The number of pyridine rings is 1. The third-order valence-corrected chi connectivity index (χ3v) is 1.32. The molecule has 0 bridgehead atoms. The number of nitrogens with zero attached hydrogens (tertiary/aromatic N) is 2. The lowest BCUT2D eigenvalue weighted by Gasteiger charge is -2.00. The molecule has 0 aliphatic heterocycles. The van der Waals surface area contributed by atoms with Crippen molar-refractivity contribution in [3.63, 3.8) is 0 Å². The minimum absolute atomic E-state index is 0.518. The summed E-state index contributed by atoms with van der Waals surface area (Å²) in [5.41, 5.74) is -2.23. The molecule has 4 nitrogen and oxygen atoms in total. The van der Waals surface area contributed by atoms with Crippen LogP contribution in [0.25, 0.3) is 0 Å². The van der Waals surface area contributed by atoms with Gasteiger partial charge in [-0.15, -0.1) is 0 Å². The predicted octanol–water partition coefficient (Wildman–Crippen LogP) is 2.07. The highest BCUT2D eigenvalue weighted by molar-refractivity contribution is 5.39. The van der Waals surface area contributed by atoms with Gasteiger partial charge < -0.3 is 0 Å². The van der Waals surface area contributed by atoms with Crippen LogP contribution < -0.4 is 0 Å². The van der Waals surface area contributed by atoms with E-state index >= 15 is 0 Å². The molecular weight excluding hydrogens is 189 g/mol. The molecule has 0 N–H and O–H groups in total. The standard InChI is InChI=1S/C6H3F3N2O2/c7-4-2-10-1-3(6(8)9)5(4)11(12)13/h1-2,6H. The van der Waals surface area contributed by atoms with Crippen molar-refractivity contribution in [3.8, 4) is 0 Å². The lowest BCUT2D eigenvalue weighted by atomic mass is 10.2. The number of aromatic nitrogens is 1. The third-order valence-electron chi connectivity index (χ3n) is 1.32. The number of hydrogen-bond acceptors (Lipinski definition) is 3. The van der Waals surface area contributed by atoms with E-state index < -0.39 is 28.4 Å². The van der Waals surface area contributed by atoms with Crippen molar-refractivity contribution >= 4 is 5.69 Å². The summed E-state index contributed by atoms with van der Waals surface area (Å²) < 4.78 is 36.7. The Bertz CT molecular complexity index is 343. The Hall–Kier alpha value is -1.66. The maximum atomic E-state index is 12.6. The van der Waals surface area contributed by atoms with E-state index in [1.807, 2.05) is 0 Å². The molecule has 0 unspecified atom stereocenters. The lowest BCUT2D eigenvalue weighted by molar-refractivity contribution is -0.389. The van der Waals surface area contributed by atoms with Crippen molar-refractivity contribution in [2.45, 2.75) is 6.43 Å². The van der Waals surface area contributed by atoms with E-state index in [1.54, 1.807) is 0 Å². The van der Waals surface area contributed by atoms with Gasteiger partial charge in [0.2, 0.25) is 5.82 Å². The summed E-state index contributed by atoms with van der Waals surface area (Å²) in [6, 6.07) is 0. The van der Waals surface area contributed by atoms with Gasteiger partial charge >= 0.3 is 5.69 Å². The summed E-state index contributed by atoms with van der Waals surface area (Å²) in [4.78, 5) is 12.0. The fraction of sp³-hybridized carbons (Fsp3) is 0.167. The second-order valence-corrected chi connectivity index (χ2v) is 2.12. The SMILES string of the molecule is O=[N+]([O-])c1c(F)cncc1C(F)F. The number of rotatable bonds is 2. The largest absolute Gasteiger partial charge is 0.316 e. The molecule has 1 aromatic heterocycles. The Morgan fingerprint density at radius 1 is 1.46 bits per heavy atom. The summed E-state index contributed by atoms with van der Waals surface area (Å²) in [7, 11) is 0. The smallest absolute Gasteiger partial charge is 0.261 e. The first-order chi connectivity index (χ1) is 6.04. The fourth-order valence-electron chi connectivity index (χ4n) is 0.795. The van der Waals surface area contributed by atoms with Gasteiger partial charge in [-0.25, -0.2) is 8.78 Å². The van der Waals surface area contributed by atoms with Crippen LogP contribution in [0.1, 0.15) is 12.0 Å². The molecule has 0 saturated heterocycles. The molecule has 1 rings (SSSR count). The number of alkyl halides is 2. The summed E-state index contributed by atoms with van der Waals surface area (Å²) in [6.45, 7) is 0. The molecule has 0 saturated carbocycles. The van der Waals surface area contributed by atoms with Gasteiger partial charge in [-0.3, -0.25) is 15.1 Å². The first-order valence-corrected chi connectivity index (χ1v) is 3.10. The second kappa shape index (κ2) is 3.38. The quantitative estimate of drug-likeness (QED) is 0.532. The van der Waals surface area contributed by atoms with Crippen molar-refractivity contribution in [1.82, 2.24) is 4.98 Å². The Labute approximate surface area is 70.2 Å². The number of hydrogen-bond donors (Lipinski definition) is 0. The summed E-state index contributed by atoms with van der Waals surface area (Å²) in [6.07, 6.45) is -2.01. The van der Waals surface area contributed by atoms with Crippen molar-refractivity contribution in [2.24, 2.45) is 0 Å². The number of halogens is 3. The highest BCUT2D eigenvalue weighted by atomic mass is 19.3. The molecule has 0 amide bonds. The molecule has 7 heteroatoms. The van der Waals surface area contributed by atoms with E-state index in [4.69, 9.17) is 0 Å². The molecule has 70 valence electrons. The monoisotopic (exact) mass is 192 g/mol. The second-order valence-electron chi connectivity index (χ2n) is 2.12. The van der Waals surface area contributed by atoms with Crippen LogP contribution in [0.15, 0.2) is 12.4 Å². The topological polar surface area (TPSA) is 56.0 Å². The van der Waals surface area contributed by atoms with Gasteiger partial charge in [0.05, 0.1) is 11.1 Å². The van der Waals surface area contributed by atoms with Gasteiger partial charge in [-0.2, -0.15) is 4.39 Å². The minimum atomic E-state index is -3.11. The Balaban J connectivity index is 3.34. The van der Waals surface area contributed by atoms with Gasteiger partial charge in [0.15, 0.2) is 0 Å². The van der Waals surface area contributed by atoms with Crippen molar-refractivity contribution in [3.05, 3.63) is 33.9 Å². The fourth-order valence-corrected chi connectivity index (χ4v) is 0.795. The molecule has 0 aromatic carbocycles. The molecular formula is C6H3F3N2O2. The lowest BCUT2D eigenvalue weighted by Crippen LogP contribution is -2.00. The van der Waals surface area contributed by atoms with Gasteiger partial charge in [-0.05, 0) is 0 Å². The van der Waals surface area contributed by atoms with E-state index in [-0.39, 0.29) is 0 Å². The zero-order valence-electron chi connectivity index (χ0n) is 6.08. The average molecular weight is 192 g/mol. The Morgan fingerprint density at radius 2 is 2.08 bits per heavy atom. The van der Waals surface area contributed by atoms with Crippen LogP contribution in [0.5, 0.6) is 0 Å². The van der Waals surface area contributed by atoms with E-state index in [2.05, 4.69) is 4.98 Å². The third kappa shape index (κ3) is 1.74. The van der Waals surface area contributed by atoms with Crippen molar-refractivity contribution in [2.75, 3.05) is 0 Å². The number of nitro groups is 1. The molecule has 0 radical (unpaired) electrons. The molecule has 0 fully saturated rings. The van der Waals surface area contributed by atoms with Crippen LogP contribution in [0.3, 0.4) is 0 Å². The molecule has 0 atom stereocenters. The van der Waals surface area contributed by atoms with E-state index in [0.717, 1.165) is 0 Å². The van der Waals surface area contributed by atoms with Crippen molar-refractivity contribution in [1.29, 1.82) is 0 Å². The van der Waals surface area contributed by atoms with Crippen LogP contribution >= 0.6 is 0 Å². The van der Waals surface area contributed by atoms with Crippen LogP contribution in [0.4, 0.5) is 18.9 Å². The van der Waals surface area contributed by atoms with Gasteiger partial charge in [-0.1, -0.05) is 0 Å². The van der Waals surface area contributed by atoms with Crippen molar-refractivity contribution < 1.29 is 18.1 Å². The van der Waals surface area contributed by atoms with Gasteiger partial charge in [0.25, 0.3) is 6.43 Å².